The molecule has 1 saturated heterocycles. The van der Waals surface area contributed by atoms with Crippen LogP contribution in [0.2, 0.25) is 0 Å². The molecule has 0 bridgehead atoms. The number of hydrogen-bond acceptors (Lipinski definition) is 2. The second-order valence-electron chi connectivity index (χ2n) is 5.07. The molecule has 0 aromatic heterocycles. The summed E-state index contributed by atoms with van der Waals surface area (Å²) in [5, 5.41) is 0. The van der Waals surface area contributed by atoms with E-state index in [-0.39, 0.29) is 0 Å². The lowest BCUT2D eigenvalue weighted by atomic mass is 10.1. The van der Waals surface area contributed by atoms with Crippen molar-refractivity contribution >= 4 is 0 Å². The molecule has 1 N–H and O–H groups in total. The van der Waals surface area contributed by atoms with E-state index in [1.54, 1.807) is 19.1 Å². The molecule has 3 heteroatoms. The van der Waals surface area contributed by atoms with Gasteiger partial charge in [0, 0.05) is 11.1 Å². The summed E-state index contributed by atoms with van der Waals surface area (Å²) >= 11 is 0. The van der Waals surface area contributed by atoms with Crippen molar-refractivity contribution in [2.45, 2.75) is 32.7 Å². The molecule has 0 amide bonds. The van der Waals surface area contributed by atoms with Crippen LogP contribution in [0.4, 0.5) is 0 Å². The summed E-state index contributed by atoms with van der Waals surface area (Å²) in [7, 11) is 3.45. The third kappa shape index (κ3) is 2.78. The molecule has 100 valence electrons. The van der Waals surface area contributed by atoms with Gasteiger partial charge in [0.2, 0.25) is 0 Å². The van der Waals surface area contributed by atoms with Crippen LogP contribution in [-0.2, 0) is 6.54 Å². The number of quaternary nitrogens is 1. The van der Waals surface area contributed by atoms with E-state index >= 15 is 0 Å². The van der Waals surface area contributed by atoms with Gasteiger partial charge in [-0.3, -0.25) is 0 Å². The van der Waals surface area contributed by atoms with Crippen LogP contribution in [0.3, 0.4) is 0 Å². The molecule has 0 unspecified atom stereocenters. The fourth-order valence-corrected chi connectivity index (χ4v) is 2.87. The third-order valence-electron chi connectivity index (χ3n) is 3.86. The SMILES string of the molecule is COc1ccc(C[NH+]2CCCCC2)c(OC)c1C. The van der Waals surface area contributed by atoms with E-state index in [9.17, 15) is 0 Å². The Hall–Kier alpha value is -1.22. The zero-order chi connectivity index (χ0) is 13.0. The van der Waals surface area contributed by atoms with Crippen LogP contribution in [0.25, 0.3) is 0 Å². The monoisotopic (exact) mass is 250 g/mol. The van der Waals surface area contributed by atoms with Crippen LogP contribution in [-0.4, -0.2) is 27.3 Å². The van der Waals surface area contributed by atoms with Crippen LogP contribution >= 0.6 is 0 Å². The molecular weight excluding hydrogens is 226 g/mol. The predicted molar refractivity (Wildman–Crippen MR) is 72.5 cm³/mol. The molecular formula is C15H24NO2+. The number of piperidine rings is 1. The molecule has 0 spiro atoms. The van der Waals surface area contributed by atoms with Crippen molar-refractivity contribution < 1.29 is 14.4 Å². The van der Waals surface area contributed by atoms with Crippen LogP contribution in [0.1, 0.15) is 30.4 Å². The Balaban J connectivity index is 2.18. The molecule has 0 aliphatic carbocycles. The molecule has 3 nitrogen and oxygen atoms in total. The fraction of sp³-hybridized carbons (Fsp3) is 0.600. The quantitative estimate of drug-likeness (QED) is 0.877. The Morgan fingerprint density at radius 1 is 1.06 bits per heavy atom. The molecule has 1 aromatic carbocycles. The van der Waals surface area contributed by atoms with Gasteiger partial charge in [-0.2, -0.15) is 0 Å². The predicted octanol–water partition coefficient (Wildman–Crippen LogP) is 1.58. The number of benzene rings is 1. The highest BCUT2D eigenvalue weighted by molar-refractivity contribution is 5.48. The lowest BCUT2D eigenvalue weighted by Crippen LogP contribution is -3.11. The van der Waals surface area contributed by atoms with Crippen molar-refractivity contribution in [2.75, 3.05) is 27.3 Å². The number of ether oxygens (including phenoxy) is 2. The van der Waals surface area contributed by atoms with Gasteiger partial charge in [-0.25, -0.2) is 0 Å². The van der Waals surface area contributed by atoms with Gasteiger partial charge in [0.1, 0.15) is 18.0 Å². The normalized spacial score (nSPS) is 16.6. The lowest BCUT2D eigenvalue weighted by molar-refractivity contribution is -0.918. The first-order valence-electron chi connectivity index (χ1n) is 6.80. The first-order chi connectivity index (χ1) is 8.76. The zero-order valence-corrected chi connectivity index (χ0v) is 11.7. The highest BCUT2D eigenvalue weighted by Gasteiger charge is 2.18. The maximum atomic E-state index is 5.57. The Morgan fingerprint density at radius 2 is 1.78 bits per heavy atom. The second kappa shape index (κ2) is 6.10. The third-order valence-corrected chi connectivity index (χ3v) is 3.86. The summed E-state index contributed by atoms with van der Waals surface area (Å²) in [6.07, 6.45) is 4.10. The van der Waals surface area contributed by atoms with E-state index < -0.39 is 0 Å². The van der Waals surface area contributed by atoms with Gasteiger partial charge in [-0.05, 0) is 38.3 Å². The summed E-state index contributed by atoms with van der Waals surface area (Å²) < 4.78 is 10.9. The summed E-state index contributed by atoms with van der Waals surface area (Å²) in [5.41, 5.74) is 2.40. The van der Waals surface area contributed by atoms with Crippen molar-refractivity contribution in [3.8, 4) is 11.5 Å². The van der Waals surface area contributed by atoms with Gasteiger partial charge in [0.25, 0.3) is 0 Å². The van der Waals surface area contributed by atoms with E-state index in [2.05, 4.69) is 19.1 Å². The molecule has 2 rings (SSSR count). The highest BCUT2D eigenvalue weighted by Crippen LogP contribution is 2.30. The van der Waals surface area contributed by atoms with Gasteiger partial charge in [-0.1, -0.05) is 0 Å². The van der Waals surface area contributed by atoms with E-state index in [0.717, 1.165) is 23.6 Å². The molecule has 0 radical (unpaired) electrons. The van der Waals surface area contributed by atoms with Gasteiger partial charge in [0.05, 0.1) is 27.3 Å². The largest absolute Gasteiger partial charge is 0.496 e. The van der Waals surface area contributed by atoms with Gasteiger partial charge >= 0.3 is 0 Å². The molecule has 1 heterocycles. The highest BCUT2D eigenvalue weighted by atomic mass is 16.5. The smallest absolute Gasteiger partial charge is 0.134 e. The summed E-state index contributed by atoms with van der Waals surface area (Å²) in [6, 6.07) is 4.20. The van der Waals surface area contributed by atoms with Crippen molar-refractivity contribution in [1.82, 2.24) is 0 Å². The van der Waals surface area contributed by atoms with Crippen molar-refractivity contribution in [3.63, 3.8) is 0 Å². The van der Waals surface area contributed by atoms with E-state index in [1.165, 1.54) is 37.9 Å². The maximum absolute atomic E-state index is 5.57. The average molecular weight is 250 g/mol. The second-order valence-corrected chi connectivity index (χ2v) is 5.07. The number of likely N-dealkylation sites (tertiary alicyclic amines) is 1. The summed E-state index contributed by atoms with van der Waals surface area (Å²) in [5.74, 6) is 1.90. The van der Waals surface area contributed by atoms with Crippen LogP contribution in [0.5, 0.6) is 11.5 Å². The summed E-state index contributed by atoms with van der Waals surface area (Å²) in [6.45, 7) is 5.70. The maximum Gasteiger partial charge on any atom is 0.134 e. The molecule has 1 aliphatic heterocycles. The van der Waals surface area contributed by atoms with E-state index in [0.29, 0.717) is 0 Å². The van der Waals surface area contributed by atoms with Crippen molar-refractivity contribution in [3.05, 3.63) is 23.3 Å². The van der Waals surface area contributed by atoms with Crippen molar-refractivity contribution in [1.29, 1.82) is 0 Å². The molecule has 1 aliphatic rings. The molecule has 18 heavy (non-hydrogen) atoms. The summed E-state index contributed by atoms with van der Waals surface area (Å²) in [4.78, 5) is 1.67. The minimum Gasteiger partial charge on any atom is -0.496 e. The number of nitrogens with one attached hydrogen (secondary N) is 1. The molecule has 0 atom stereocenters. The number of hydrogen-bond donors (Lipinski definition) is 1. The Bertz CT molecular complexity index is 398. The fourth-order valence-electron chi connectivity index (χ4n) is 2.87. The van der Waals surface area contributed by atoms with Crippen molar-refractivity contribution in [2.24, 2.45) is 0 Å². The van der Waals surface area contributed by atoms with Crippen LogP contribution in [0.15, 0.2) is 12.1 Å². The van der Waals surface area contributed by atoms with Gasteiger partial charge in [-0.15, -0.1) is 0 Å². The molecule has 0 saturated carbocycles. The number of rotatable bonds is 4. The number of methoxy groups -OCH3 is 2. The van der Waals surface area contributed by atoms with E-state index in [1.807, 2.05) is 0 Å². The Labute approximate surface area is 110 Å². The first kappa shape index (κ1) is 13.2. The molecule has 1 fully saturated rings. The van der Waals surface area contributed by atoms with Crippen LogP contribution < -0.4 is 14.4 Å². The van der Waals surface area contributed by atoms with Crippen LogP contribution in [0, 0.1) is 6.92 Å². The molecule has 1 aromatic rings. The lowest BCUT2D eigenvalue weighted by Gasteiger charge is -2.24. The topological polar surface area (TPSA) is 22.9 Å². The standard InChI is InChI=1S/C15H23NO2/c1-12-14(17-2)8-7-13(15(12)18-3)11-16-9-5-4-6-10-16/h7-8H,4-6,9-11H2,1-3H3/p+1. The average Bonchev–Trinajstić information content (AvgIpc) is 2.40. The van der Waals surface area contributed by atoms with Gasteiger partial charge < -0.3 is 14.4 Å². The Kier molecular flexibility index (Phi) is 4.48. The van der Waals surface area contributed by atoms with E-state index in [4.69, 9.17) is 9.47 Å². The van der Waals surface area contributed by atoms with Gasteiger partial charge in [0.15, 0.2) is 0 Å². The minimum absolute atomic E-state index is 0.907. The first-order valence-corrected chi connectivity index (χ1v) is 6.80. The zero-order valence-electron chi connectivity index (χ0n) is 11.7. The Morgan fingerprint density at radius 3 is 2.39 bits per heavy atom. The minimum atomic E-state index is 0.907.